The van der Waals surface area contributed by atoms with Gasteiger partial charge in [0.15, 0.2) is 0 Å². The van der Waals surface area contributed by atoms with Crippen LogP contribution in [0.15, 0.2) is 30.3 Å². The van der Waals surface area contributed by atoms with Crippen LogP contribution < -0.4 is 11.3 Å². The fourth-order valence-electron chi connectivity index (χ4n) is 2.24. The quantitative estimate of drug-likeness (QED) is 0.504. The van der Waals surface area contributed by atoms with Crippen LogP contribution in [0.2, 0.25) is 0 Å². The van der Waals surface area contributed by atoms with Crippen molar-refractivity contribution >= 4 is 17.2 Å². The SMILES string of the molecule is NNC(=O)c1sc(CCc2ccccc2)nc1C1CC1. The fraction of sp³-hybridized carbons (Fsp3) is 0.333. The van der Waals surface area contributed by atoms with Crippen LogP contribution in [0.1, 0.15) is 44.7 Å². The van der Waals surface area contributed by atoms with Gasteiger partial charge in [-0.2, -0.15) is 0 Å². The number of thiazole rings is 1. The van der Waals surface area contributed by atoms with Gasteiger partial charge >= 0.3 is 0 Å². The van der Waals surface area contributed by atoms with Crippen LogP contribution in [0, 0.1) is 0 Å². The number of nitrogens with two attached hydrogens (primary N) is 1. The van der Waals surface area contributed by atoms with E-state index in [0.29, 0.717) is 10.8 Å². The van der Waals surface area contributed by atoms with Gasteiger partial charge in [-0.1, -0.05) is 30.3 Å². The van der Waals surface area contributed by atoms with Crippen molar-refractivity contribution in [2.75, 3.05) is 0 Å². The monoisotopic (exact) mass is 287 g/mol. The lowest BCUT2D eigenvalue weighted by atomic mass is 10.1. The number of amides is 1. The first-order valence-corrected chi connectivity index (χ1v) is 7.64. The summed E-state index contributed by atoms with van der Waals surface area (Å²) in [5.74, 6) is 5.50. The highest BCUT2D eigenvalue weighted by atomic mass is 32.1. The minimum atomic E-state index is -0.213. The molecular weight excluding hydrogens is 270 g/mol. The number of carbonyl (C=O) groups is 1. The number of carbonyl (C=O) groups excluding carboxylic acids is 1. The zero-order valence-corrected chi connectivity index (χ0v) is 12.0. The minimum Gasteiger partial charge on any atom is -0.289 e. The Morgan fingerprint density at radius 1 is 1.30 bits per heavy atom. The summed E-state index contributed by atoms with van der Waals surface area (Å²) in [5, 5.41) is 1.02. The molecule has 1 amide bonds. The first-order chi connectivity index (χ1) is 9.78. The number of hydrogen-bond acceptors (Lipinski definition) is 4. The Morgan fingerprint density at radius 3 is 2.70 bits per heavy atom. The van der Waals surface area contributed by atoms with E-state index in [9.17, 15) is 4.79 Å². The summed E-state index contributed by atoms with van der Waals surface area (Å²) in [4.78, 5) is 17.1. The molecule has 0 atom stereocenters. The Labute approximate surface area is 122 Å². The van der Waals surface area contributed by atoms with E-state index in [0.717, 1.165) is 36.4 Å². The predicted octanol–water partition coefficient (Wildman–Crippen LogP) is 2.41. The maximum absolute atomic E-state index is 11.8. The standard InChI is InChI=1S/C15H17N3OS/c16-18-15(19)14-13(11-7-8-11)17-12(20-14)9-6-10-4-2-1-3-5-10/h1-5,11H,6-9,16H2,(H,18,19). The number of nitrogens with zero attached hydrogens (tertiary/aromatic N) is 1. The van der Waals surface area contributed by atoms with Crippen LogP contribution in [-0.4, -0.2) is 10.9 Å². The maximum Gasteiger partial charge on any atom is 0.277 e. The van der Waals surface area contributed by atoms with Crippen molar-refractivity contribution < 1.29 is 4.79 Å². The summed E-state index contributed by atoms with van der Waals surface area (Å²) in [7, 11) is 0. The molecule has 1 aromatic heterocycles. The fourth-order valence-corrected chi connectivity index (χ4v) is 3.29. The molecule has 3 N–H and O–H groups in total. The van der Waals surface area contributed by atoms with Gasteiger partial charge < -0.3 is 0 Å². The zero-order chi connectivity index (χ0) is 13.9. The topological polar surface area (TPSA) is 68.0 Å². The summed E-state index contributed by atoms with van der Waals surface area (Å²) in [6, 6.07) is 10.3. The van der Waals surface area contributed by atoms with Crippen LogP contribution in [0.4, 0.5) is 0 Å². The molecule has 2 aromatic rings. The van der Waals surface area contributed by atoms with Crippen molar-refractivity contribution in [3.05, 3.63) is 51.5 Å². The Balaban J connectivity index is 1.75. The van der Waals surface area contributed by atoms with E-state index in [1.807, 2.05) is 18.2 Å². The molecule has 0 saturated heterocycles. The number of rotatable bonds is 5. The van der Waals surface area contributed by atoms with Gasteiger partial charge in [0.2, 0.25) is 0 Å². The molecule has 20 heavy (non-hydrogen) atoms. The van der Waals surface area contributed by atoms with Crippen molar-refractivity contribution in [1.29, 1.82) is 0 Å². The Bertz CT molecular complexity index is 605. The molecule has 0 unspecified atom stereocenters. The van der Waals surface area contributed by atoms with Crippen LogP contribution in [0.5, 0.6) is 0 Å². The van der Waals surface area contributed by atoms with Crippen molar-refractivity contribution in [3.8, 4) is 0 Å². The zero-order valence-electron chi connectivity index (χ0n) is 11.1. The molecule has 4 nitrogen and oxygen atoms in total. The summed E-state index contributed by atoms with van der Waals surface area (Å²) in [5.41, 5.74) is 4.46. The normalized spacial score (nSPS) is 14.2. The summed E-state index contributed by atoms with van der Waals surface area (Å²) < 4.78 is 0. The molecule has 104 valence electrons. The average molecular weight is 287 g/mol. The van der Waals surface area contributed by atoms with Crippen molar-refractivity contribution in [2.45, 2.75) is 31.6 Å². The van der Waals surface area contributed by atoms with Gasteiger partial charge in [-0.25, -0.2) is 10.8 Å². The average Bonchev–Trinajstić information content (AvgIpc) is 3.25. The molecule has 1 fully saturated rings. The van der Waals surface area contributed by atoms with Crippen LogP contribution >= 0.6 is 11.3 Å². The molecule has 3 rings (SSSR count). The third-order valence-electron chi connectivity index (χ3n) is 3.47. The Hall–Kier alpha value is -1.72. The largest absolute Gasteiger partial charge is 0.289 e. The summed E-state index contributed by atoms with van der Waals surface area (Å²) >= 11 is 1.48. The van der Waals surface area contributed by atoms with Gasteiger partial charge in [0.1, 0.15) is 4.88 Å². The second-order valence-electron chi connectivity index (χ2n) is 5.06. The molecular formula is C15H17N3OS. The Kier molecular flexibility index (Phi) is 3.80. The van der Waals surface area contributed by atoms with Crippen LogP contribution in [0.25, 0.3) is 0 Å². The third kappa shape index (κ3) is 2.89. The highest BCUT2D eigenvalue weighted by Crippen LogP contribution is 2.42. The van der Waals surface area contributed by atoms with Gasteiger partial charge in [0.05, 0.1) is 10.7 Å². The van der Waals surface area contributed by atoms with E-state index in [1.165, 1.54) is 16.9 Å². The van der Waals surface area contributed by atoms with Gasteiger partial charge in [0.25, 0.3) is 5.91 Å². The Morgan fingerprint density at radius 2 is 2.05 bits per heavy atom. The van der Waals surface area contributed by atoms with Gasteiger partial charge in [-0.15, -0.1) is 11.3 Å². The molecule has 0 bridgehead atoms. The lowest BCUT2D eigenvalue weighted by molar-refractivity contribution is 0.0956. The van der Waals surface area contributed by atoms with Crippen LogP contribution in [-0.2, 0) is 12.8 Å². The molecule has 0 radical (unpaired) electrons. The molecule has 5 heteroatoms. The van der Waals surface area contributed by atoms with Gasteiger partial charge in [0, 0.05) is 12.3 Å². The number of nitrogens with one attached hydrogen (secondary N) is 1. The van der Waals surface area contributed by atoms with Gasteiger partial charge in [-0.05, 0) is 24.8 Å². The number of nitrogen functional groups attached to an aromatic ring is 1. The number of aromatic nitrogens is 1. The summed E-state index contributed by atoms with van der Waals surface area (Å²) in [6.07, 6.45) is 4.08. The van der Waals surface area contributed by atoms with E-state index in [-0.39, 0.29) is 5.91 Å². The molecule has 1 heterocycles. The van der Waals surface area contributed by atoms with E-state index in [1.54, 1.807) is 0 Å². The number of aryl methyl sites for hydroxylation is 2. The molecule has 1 aliphatic rings. The van der Waals surface area contributed by atoms with Crippen molar-refractivity contribution in [3.63, 3.8) is 0 Å². The minimum absolute atomic E-state index is 0.213. The molecule has 1 aromatic carbocycles. The smallest absolute Gasteiger partial charge is 0.277 e. The highest BCUT2D eigenvalue weighted by Gasteiger charge is 2.31. The second-order valence-corrected chi connectivity index (χ2v) is 6.14. The van der Waals surface area contributed by atoms with E-state index < -0.39 is 0 Å². The van der Waals surface area contributed by atoms with E-state index in [2.05, 4.69) is 22.5 Å². The van der Waals surface area contributed by atoms with Gasteiger partial charge in [-0.3, -0.25) is 10.2 Å². The molecule has 0 spiro atoms. The lowest BCUT2D eigenvalue weighted by Gasteiger charge is -1.97. The maximum atomic E-state index is 11.8. The first kappa shape index (κ1) is 13.3. The van der Waals surface area contributed by atoms with E-state index in [4.69, 9.17) is 5.84 Å². The second kappa shape index (κ2) is 5.73. The molecule has 1 aliphatic carbocycles. The number of hydrazine groups is 1. The third-order valence-corrected chi connectivity index (χ3v) is 4.60. The number of hydrogen-bond donors (Lipinski definition) is 2. The van der Waals surface area contributed by atoms with Crippen molar-refractivity contribution in [1.82, 2.24) is 10.4 Å². The lowest BCUT2D eigenvalue weighted by Crippen LogP contribution is -2.30. The molecule has 1 saturated carbocycles. The van der Waals surface area contributed by atoms with Crippen LogP contribution in [0.3, 0.4) is 0 Å². The highest BCUT2D eigenvalue weighted by molar-refractivity contribution is 7.13. The molecule has 0 aliphatic heterocycles. The number of benzene rings is 1. The summed E-state index contributed by atoms with van der Waals surface area (Å²) in [6.45, 7) is 0. The van der Waals surface area contributed by atoms with Crippen molar-refractivity contribution in [2.24, 2.45) is 5.84 Å². The first-order valence-electron chi connectivity index (χ1n) is 6.82. The predicted molar refractivity (Wildman–Crippen MR) is 79.6 cm³/mol. The van der Waals surface area contributed by atoms with E-state index >= 15 is 0 Å².